The summed E-state index contributed by atoms with van der Waals surface area (Å²) in [5.41, 5.74) is 0.203. The predicted molar refractivity (Wildman–Crippen MR) is 46.3 cm³/mol. The molecule has 1 aliphatic carbocycles. The number of allylic oxidation sites excluding steroid dienone is 1. The summed E-state index contributed by atoms with van der Waals surface area (Å²) >= 11 is 0. The summed E-state index contributed by atoms with van der Waals surface area (Å²) in [6, 6.07) is 0. The lowest BCUT2D eigenvalue weighted by atomic mass is 9.72. The fourth-order valence-corrected chi connectivity index (χ4v) is 1.92. The molecular weight excluding hydrogens is 136 g/mol. The maximum atomic E-state index is 11.2. The molecule has 0 aliphatic heterocycles. The lowest BCUT2D eigenvalue weighted by Crippen LogP contribution is -2.27. The van der Waals surface area contributed by atoms with E-state index < -0.39 is 0 Å². The number of ketones is 1. The number of carbonyl (C=O) groups excluding carboxylic acids is 1. The molecule has 62 valence electrons. The Labute approximate surface area is 68.5 Å². The van der Waals surface area contributed by atoms with Gasteiger partial charge in [-0.25, -0.2) is 0 Å². The molecule has 1 nitrogen and oxygen atoms in total. The van der Waals surface area contributed by atoms with Crippen LogP contribution in [0.25, 0.3) is 0 Å². The maximum Gasteiger partial charge on any atom is 0.134 e. The minimum Gasteiger partial charge on any atom is -0.300 e. The van der Waals surface area contributed by atoms with Crippen LogP contribution in [0.15, 0.2) is 12.7 Å². The number of hydrogen-bond acceptors (Lipinski definition) is 1. The number of carbonyl (C=O) groups is 1. The molecule has 0 radical (unpaired) electrons. The summed E-state index contributed by atoms with van der Waals surface area (Å²) in [4.78, 5) is 11.2. The van der Waals surface area contributed by atoms with Gasteiger partial charge in [0.25, 0.3) is 0 Å². The third-order valence-electron chi connectivity index (χ3n) is 2.31. The SMILES string of the molecule is C=CC1CC(=O)CC(C)(C)C1. The Hall–Kier alpha value is -0.590. The Bertz CT molecular complexity index is 179. The third-order valence-corrected chi connectivity index (χ3v) is 2.31. The van der Waals surface area contributed by atoms with E-state index in [1.54, 1.807) is 0 Å². The summed E-state index contributed by atoms with van der Waals surface area (Å²) < 4.78 is 0. The van der Waals surface area contributed by atoms with Crippen LogP contribution in [0.3, 0.4) is 0 Å². The molecule has 1 heteroatoms. The van der Waals surface area contributed by atoms with Crippen LogP contribution in [0, 0.1) is 11.3 Å². The zero-order chi connectivity index (χ0) is 8.48. The molecule has 11 heavy (non-hydrogen) atoms. The van der Waals surface area contributed by atoms with E-state index in [1.807, 2.05) is 6.08 Å². The van der Waals surface area contributed by atoms with Gasteiger partial charge in [-0.1, -0.05) is 19.9 Å². The van der Waals surface area contributed by atoms with Crippen LogP contribution in [-0.4, -0.2) is 5.78 Å². The average Bonchev–Trinajstić information content (AvgIpc) is 1.83. The molecule has 0 amide bonds. The second-order valence-electron chi connectivity index (χ2n) is 4.28. The Morgan fingerprint density at radius 1 is 1.64 bits per heavy atom. The van der Waals surface area contributed by atoms with Crippen molar-refractivity contribution >= 4 is 5.78 Å². The lowest BCUT2D eigenvalue weighted by Gasteiger charge is -2.32. The van der Waals surface area contributed by atoms with Crippen LogP contribution in [0.1, 0.15) is 33.1 Å². The van der Waals surface area contributed by atoms with E-state index in [2.05, 4.69) is 20.4 Å². The van der Waals surface area contributed by atoms with Gasteiger partial charge in [-0.3, -0.25) is 4.79 Å². The summed E-state index contributed by atoms with van der Waals surface area (Å²) in [6.07, 6.45) is 4.49. The van der Waals surface area contributed by atoms with Crippen LogP contribution in [0.2, 0.25) is 0 Å². The van der Waals surface area contributed by atoms with Gasteiger partial charge in [0.15, 0.2) is 0 Å². The maximum absolute atomic E-state index is 11.2. The number of rotatable bonds is 1. The molecule has 1 fully saturated rings. The molecule has 1 saturated carbocycles. The van der Waals surface area contributed by atoms with Crippen molar-refractivity contribution in [3.05, 3.63) is 12.7 Å². The molecule has 1 rings (SSSR count). The molecule has 0 bridgehead atoms. The largest absolute Gasteiger partial charge is 0.300 e. The normalized spacial score (nSPS) is 30.0. The summed E-state index contributed by atoms with van der Waals surface area (Å²) in [5.74, 6) is 0.817. The Morgan fingerprint density at radius 3 is 2.73 bits per heavy atom. The second-order valence-corrected chi connectivity index (χ2v) is 4.28. The van der Waals surface area contributed by atoms with Crippen molar-refractivity contribution < 1.29 is 4.79 Å². The highest BCUT2D eigenvalue weighted by Gasteiger charge is 2.31. The Kier molecular flexibility index (Phi) is 2.17. The zero-order valence-electron chi connectivity index (χ0n) is 7.39. The minimum absolute atomic E-state index is 0.203. The van der Waals surface area contributed by atoms with E-state index in [0.29, 0.717) is 18.1 Å². The van der Waals surface area contributed by atoms with Crippen molar-refractivity contribution in [1.82, 2.24) is 0 Å². The van der Waals surface area contributed by atoms with Crippen LogP contribution in [0.5, 0.6) is 0 Å². The fraction of sp³-hybridized carbons (Fsp3) is 0.700. The molecule has 0 aromatic heterocycles. The number of Topliss-reactive ketones (excluding diaryl/α,β-unsaturated/α-hetero) is 1. The standard InChI is InChI=1S/C10H16O/c1-4-8-5-9(11)7-10(2,3)6-8/h4,8H,1,5-7H2,2-3H3. The van der Waals surface area contributed by atoms with Crippen LogP contribution in [-0.2, 0) is 4.79 Å². The van der Waals surface area contributed by atoms with Crippen molar-refractivity contribution in [3.63, 3.8) is 0 Å². The van der Waals surface area contributed by atoms with Gasteiger partial charge in [-0.2, -0.15) is 0 Å². The average molecular weight is 152 g/mol. The molecule has 0 heterocycles. The zero-order valence-corrected chi connectivity index (χ0v) is 7.39. The van der Waals surface area contributed by atoms with Crippen molar-refractivity contribution in [2.24, 2.45) is 11.3 Å². The Morgan fingerprint density at radius 2 is 2.27 bits per heavy atom. The first-order valence-electron chi connectivity index (χ1n) is 4.18. The molecule has 0 aromatic carbocycles. The Balaban J connectivity index is 2.65. The summed E-state index contributed by atoms with van der Waals surface area (Å²) in [6.45, 7) is 8.04. The van der Waals surface area contributed by atoms with Gasteiger partial charge in [-0.15, -0.1) is 6.58 Å². The molecule has 0 saturated heterocycles. The highest BCUT2D eigenvalue weighted by molar-refractivity contribution is 5.80. The van der Waals surface area contributed by atoms with E-state index >= 15 is 0 Å². The molecule has 0 aromatic rings. The monoisotopic (exact) mass is 152 g/mol. The minimum atomic E-state index is 0.203. The molecule has 0 spiro atoms. The van der Waals surface area contributed by atoms with Crippen molar-refractivity contribution in [3.8, 4) is 0 Å². The highest BCUT2D eigenvalue weighted by Crippen LogP contribution is 2.36. The topological polar surface area (TPSA) is 17.1 Å². The first kappa shape index (κ1) is 8.51. The third kappa shape index (κ3) is 2.18. The van der Waals surface area contributed by atoms with Crippen LogP contribution < -0.4 is 0 Å². The van der Waals surface area contributed by atoms with Gasteiger partial charge in [-0.05, 0) is 17.8 Å². The second kappa shape index (κ2) is 2.80. The van der Waals surface area contributed by atoms with Gasteiger partial charge in [0.05, 0.1) is 0 Å². The van der Waals surface area contributed by atoms with Gasteiger partial charge < -0.3 is 0 Å². The lowest BCUT2D eigenvalue weighted by molar-refractivity contribution is -0.124. The van der Waals surface area contributed by atoms with Crippen LogP contribution >= 0.6 is 0 Å². The fourth-order valence-electron chi connectivity index (χ4n) is 1.92. The molecule has 1 unspecified atom stereocenters. The van der Waals surface area contributed by atoms with E-state index in [4.69, 9.17) is 0 Å². The van der Waals surface area contributed by atoms with Crippen molar-refractivity contribution in [2.75, 3.05) is 0 Å². The summed E-state index contributed by atoms with van der Waals surface area (Å²) in [5, 5.41) is 0. The van der Waals surface area contributed by atoms with Crippen molar-refractivity contribution in [1.29, 1.82) is 0 Å². The van der Waals surface area contributed by atoms with Crippen LogP contribution in [0.4, 0.5) is 0 Å². The smallest absolute Gasteiger partial charge is 0.134 e. The number of hydrogen-bond donors (Lipinski definition) is 0. The molecule has 1 atom stereocenters. The van der Waals surface area contributed by atoms with Crippen molar-refractivity contribution in [2.45, 2.75) is 33.1 Å². The quantitative estimate of drug-likeness (QED) is 0.528. The summed E-state index contributed by atoms with van der Waals surface area (Å²) in [7, 11) is 0. The highest BCUT2D eigenvalue weighted by atomic mass is 16.1. The van der Waals surface area contributed by atoms with E-state index in [9.17, 15) is 4.79 Å². The predicted octanol–water partition coefficient (Wildman–Crippen LogP) is 2.57. The first-order valence-corrected chi connectivity index (χ1v) is 4.18. The molecule has 1 aliphatic rings. The van der Waals surface area contributed by atoms with Gasteiger partial charge in [0.1, 0.15) is 5.78 Å². The van der Waals surface area contributed by atoms with Gasteiger partial charge in [0, 0.05) is 12.8 Å². The first-order chi connectivity index (χ1) is 5.03. The van der Waals surface area contributed by atoms with Gasteiger partial charge in [0.2, 0.25) is 0 Å². The molecule has 0 N–H and O–H groups in total. The van der Waals surface area contributed by atoms with Gasteiger partial charge >= 0.3 is 0 Å². The van der Waals surface area contributed by atoms with E-state index in [-0.39, 0.29) is 5.41 Å². The van der Waals surface area contributed by atoms with E-state index in [0.717, 1.165) is 12.8 Å². The van der Waals surface area contributed by atoms with E-state index in [1.165, 1.54) is 0 Å². The molecular formula is C10H16O.